The summed E-state index contributed by atoms with van der Waals surface area (Å²) in [6.45, 7) is 0.500. The van der Waals surface area contributed by atoms with E-state index >= 15 is 0 Å². The lowest BCUT2D eigenvalue weighted by atomic mass is 9.66. The van der Waals surface area contributed by atoms with Gasteiger partial charge in [0, 0.05) is 30.9 Å². The predicted octanol–water partition coefficient (Wildman–Crippen LogP) is 1.92. The van der Waals surface area contributed by atoms with Gasteiger partial charge in [0.15, 0.2) is 0 Å². The number of hydrogen-bond donors (Lipinski definition) is 1. The largest absolute Gasteiger partial charge is 0.385 e. The maximum absolute atomic E-state index is 13.0. The van der Waals surface area contributed by atoms with Gasteiger partial charge in [-0.25, -0.2) is 9.78 Å². The summed E-state index contributed by atoms with van der Waals surface area (Å²) in [7, 11) is 0. The summed E-state index contributed by atoms with van der Waals surface area (Å²) in [5.41, 5.74) is -0.366. The Labute approximate surface area is 158 Å². The lowest BCUT2D eigenvalue weighted by Gasteiger charge is -2.52. The molecule has 0 bridgehead atoms. The summed E-state index contributed by atoms with van der Waals surface area (Å²) in [4.78, 5) is 30.4. The molecule has 0 spiro atoms. The minimum absolute atomic E-state index is 0.000338. The molecule has 2 aromatic rings. The quantitative estimate of drug-likeness (QED) is 0.899. The number of likely N-dealkylation sites (tertiary alicyclic amines) is 1. The number of rotatable bonds is 3. The van der Waals surface area contributed by atoms with Crippen LogP contribution in [0.3, 0.4) is 0 Å². The van der Waals surface area contributed by atoms with Gasteiger partial charge in [0.1, 0.15) is 6.54 Å². The number of piperidine rings is 1. The van der Waals surface area contributed by atoms with Crippen LogP contribution in [0.2, 0.25) is 0 Å². The lowest BCUT2D eigenvalue weighted by molar-refractivity contribution is -0.155. The van der Waals surface area contributed by atoms with Crippen molar-refractivity contribution in [3.8, 4) is 0 Å². The van der Waals surface area contributed by atoms with Crippen LogP contribution in [-0.2, 0) is 16.9 Å². The van der Waals surface area contributed by atoms with E-state index < -0.39 is 11.3 Å². The average molecular weight is 367 g/mol. The molecular weight excluding hydrogens is 342 g/mol. The third-order valence-corrected chi connectivity index (χ3v) is 6.16. The Kier molecular flexibility index (Phi) is 4.83. The molecule has 1 aromatic carbocycles. The van der Waals surface area contributed by atoms with Crippen LogP contribution in [0.5, 0.6) is 0 Å². The van der Waals surface area contributed by atoms with Gasteiger partial charge in [-0.3, -0.25) is 9.36 Å². The molecule has 0 radical (unpaired) electrons. The Morgan fingerprint density at radius 3 is 2.74 bits per heavy atom. The molecule has 2 heterocycles. The van der Waals surface area contributed by atoms with Gasteiger partial charge in [-0.05, 0) is 30.9 Å². The number of aliphatic hydroxyl groups is 1. The van der Waals surface area contributed by atoms with Crippen LogP contribution in [0, 0.1) is 5.92 Å². The zero-order valence-electron chi connectivity index (χ0n) is 15.3. The molecule has 6 heteroatoms. The van der Waals surface area contributed by atoms with Crippen molar-refractivity contribution in [1.29, 1.82) is 0 Å². The second-order valence-electron chi connectivity index (χ2n) is 7.62. The molecule has 3 atom stereocenters. The minimum atomic E-state index is -0.895. The van der Waals surface area contributed by atoms with Crippen molar-refractivity contribution in [2.24, 2.45) is 5.92 Å². The molecule has 1 aliphatic heterocycles. The molecule has 1 saturated carbocycles. The van der Waals surface area contributed by atoms with Gasteiger partial charge in [-0.1, -0.05) is 43.2 Å². The van der Waals surface area contributed by atoms with Gasteiger partial charge >= 0.3 is 5.69 Å². The van der Waals surface area contributed by atoms with Crippen molar-refractivity contribution < 1.29 is 9.90 Å². The second kappa shape index (κ2) is 7.27. The first kappa shape index (κ1) is 17.9. The van der Waals surface area contributed by atoms with Crippen LogP contribution in [0.25, 0.3) is 0 Å². The van der Waals surface area contributed by atoms with Crippen molar-refractivity contribution in [1.82, 2.24) is 14.5 Å². The van der Waals surface area contributed by atoms with Crippen LogP contribution >= 0.6 is 0 Å². The minimum Gasteiger partial charge on any atom is -0.385 e. The molecule has 1 saturated heterocycles. The molecule has 1 amide bonds. The smallest absolute Gasteiger partial charge is 0.347 e. The zero-order chi connectivity index (χ0) is 18.9. The molecule has 4 rings (SSSR count). The number of hydrogen-bond acceptors (Lipinski definition) is 4. The van der Waals surface area contributed by atoms with E-state index in [-0.39, 0.29) is 24.4 Å². The Bertz CT molecular complexity index is 866. The second-order valence-corrected chi connectivity index (χ2v) is 7.62. The van der Waals surface area contributed by atoms with Crippen LogP contribution in [0.4, 0.5) is 0 Å². The van der Waals surface area contributed by atoms with E-state index in [0.29, 0.717) is 13.0 Å². The summed E-state index contributed by atoms with van der Waals surface area (Å²) in [6.07, 6.45) is 7.48. The summed E-state index contributed by atoms with van der Waals surface area (Å²) >= 11 is 0. The van der Waals surface area contributed by atoms with Crippen LogP contribution < -0.4 is 5.69 Å². The van der Waals surface area contributed by atoms with Crippen LogP contribution in [-0.4, -0.2) is 38.1 Å². The topological polar surface area (TPSA) is 75.4 Å². The normalized spacial score (nSPS) is 27.8. The van der Waals surface area contributed by atoms with Gasteiger partial charge in [-0.15, -0.1) is 0 Å². The Balaban J connectivity index is 1.59. The molecule has 2 fully saturated rings. The summed E-state index contributed by atoms with van der Waals surface area (Å²) < 4.78 is 1.35. The highest BCUT2D eigenvalue weighted by Gasteiger charge is 2.50. The number of amides is 1. The van der Waals surface area contributed by atoms with Crippen molar-refractivity contribution in [2.45, 2.75) is 50.3 Å². The highest BCUT2D eigenvalue weighted by atomic mass is 16.3. The molecule has 6 nitrogen and oxygen atoms in total. The van der Waals surface area contributed by atoms with Crippen LogP contribution in [0.1, 0.15) is 37.7 Å². The molecule has 1 aliphatic carbocycles. The summed E-state index contributed by atoms with van der Waals surface area (Å²) in [6, 6.07) is 11.5. The van der Waals surface area contributed by atoms with Crippen molar-refractivity contribution in [2.75, 3.05) is 6.54 Å². The molecule has 1 N–H and O–H groups in total. The standard InChI is InChI=1S/C21H25N3O3/c25-19(15-23-13-6-12-22-20(23)26)24-14-11-21(27,16-7-2-1-3-8-16)17-9-4-5-10-18(17)24/h1-3,6-8,12-13,17-18,27H,4-5,9-11,14-15H2/t17-,18-,21+/m0/s1. The number of carbonyl (C=O) groups is 1. The first-order valence-corrected chi connectivity index (χ1v) is 9.68. The van der Waals surface area contributed by atoms with Crippen LogP contribution in [0.15, 0.2) is 53.6 Å². The monoisotopic (exact) mass is 367 g/mol. The Hall–Kier alpha value is -2.47. The highest BCUT2D eigenvalue weighted by Crippen LogP contribution is 2.46. The third-order valence-electron chi connectivity index (χ3n) is 6.16. The predicted molar refractivity (Wildman–Crippen MR) is 101 cm³/mol. The zero-order valence-corrected chi connectivity index (χ0v) is 15.3. The van der Waals surface area contributed by atoms with Gasteiger partial charge in [-0.2, -0.15) is 0 Å². The number of fused-ring (bicyclic) bond motifs is 1. The summed E-state index contributed by atoms with van der Waals surface area (Å²) in [5.74, 6) is -0.0471. The van der Waals surface area contributed by atoms with E-state index in [4.69, 9.17) is 0 Å². The number of nitrogens with zero attached hydrogens (tertiary/aromatic N) is 3. The molecule has 0 unspecified atom stereocenters. The number of benzene rings is 1. The van der Waals surface area contributed by atoms with E-state index in [2.05, 4.69) is 4.98 Å². The van der Waals surface area contributed by atoms with E-state index in [0.717, 1.165) is 31.2 Å². The fourth-order valence-corrected chi connectivity index (χ4v) is 4.82. The molecule has 27 heavy (non-hydrogen) atoms. The molecule has 1 aromatic heterocycles. The van der Waals surface area contributed by atoms with E-state index in [1.807, 2.05) is 35.2 Å². The third kappa shape index (κ3) is 3.30. The number of aromatic nitrogens is 2. The maximum Gasteiger partial charge on any atom is 0.347 e. The first-order chi connectivity index (χ1) is 13.1. The van der Waals surface area contributed by atoms with E-state index in [9.17, 15) is 14.7 Å². The SMILES string of the molecule is O=C(Cn1cccnc1=O)N1CC[C@@](O)(c2ccccc2)[C@H]2CCCC[C@@H]21. The van der Waals surface area contributed by atoms with Crippen molar-refractivity contribution in [3.63, 3.8) is 0 Å². The van der Waals surface area contributed by atoms with Crippen molar-refractivity contribution >= 4 is 5.91 Å². The molecule has 142 valence electrons. The van der Waals surface area contributed by atoms with Gasteiger partial charge < -0.3 is 10.0 Å². The summed E-state index contributed by atoms with van der Waals surface area (Å²) in [5, 5.41) is 11.6. The average Bonchev–Trinajstić information content (AvgIpc) is 2.71. The van der Waals surface area contributed by atoms with Gasteiger partial charge in [0.2, 0.25) is 5.91 Å². The molecule has 2 aliphatic rings. The Morgan fingerprint density at radius 2 is 1.96 bits per heavy atom. The van der Waals surface area contributed by atoms with Gasteiger partial charge in [0.05, 0.1) is 5.60 Å². The van der Waals surface area contributed by atoms with E-state index in [1.165, 1.54) is 10.8 Å². The maximum atomic E-state index is 13.0. The Morgan fingerprint density at radius 1 is 1.19 bits per heavy atom. The number of carbonyl (C=O) groups excluding carboxylic acids is 1. The van der Waals surface area contributed by atoms with Gasteiger partial charge in [0.25, 0.3) is 0 Å². The fraction of sp³-hybridized carbons (Fsp3) is 0.476. The highest BCUT2D eigenvalue weighted by molar-refractivity contribution is 5.76. The van der Waals surface area contributed by atoms with Crippen molar-refractivity contribution in [3.05, 3.63) is 64.8 Å². The fourth-order valence-electron chi connectivity index (χ4n) is 4.82. The lowest BCUT2D eigenvalue weighted by Crippen LogP contribution is -2.59. The molecular formula is C21H25N3O3. The van der Waals surface area contributed by atoms with E-state index in [1.54, 1.807) is 12.3 Å². The first-order valence-electron chi connectivity index (χ1n) is 9.68.